The minimum Gasteiger partial charge on any atom is -0.493 e. The quantitative estimate of drug-likeness (QED) is 0.746. The van der Waals surface area contributed by atoms with Gasteiger partial charge in [0.05, 0.1) is 7.11 Å². The molecule has 21 heavy (non-hydrogen) atoms. The number of halogens is 1. The van der Waals surface area contributed by atoms with Gasteiger partial charge in [-0.2, -0.15) is 0 Å². The van der Waals surface area contributed by atoms with Gasteiger partial charge in [-0.3, -0.25) is 4.90 Å². The highest BCUT2D eigenvalue weighted by atomic mass is 35.5. The number of para-hydroxylation sites is 2. The minimum atomic E-state index is 0. The van der Waals surface area contributed by atoms with E-state index in [0.717, 1.165) is 24.0 Å². The van der Waals surface area contributed by atoms with Crippen LogP contribution in [0.2, 0.25) is 0 Å². The van der Waals surface area contributed by atoms with Gasteiger partial charge in [0.25, 0.3) is 0 Å². The van der Waals surface area contributed by atoms with Gasteiger partial charge in [0, 0.05) is 13.1 Å². The molecule has 1 saturated heterocycles. The number of hydrogen-bond acceptors (Lipinski definition) is 3. The van der Waals surface area contributed by atoms with E-state index < -0.39 is 0 Å². The van der Waals surface area contributed by atoms with Crippen molar-refractivity contribution in [3.05, 3.63) is 36.4 Å². The first-order chi connectivity index (χ1) is 9.79. The van der Waals surface area contributed by atoms with Gasteiger partial charge in [-0.25, -0.2) is 0 Å². The normalized spacial score (nSPS) is 19.2. The molecule has 3 nitrogen and oxygen atoms in total. The maximum absolute atomic E-state index is 5.71. The van der Waals surface area contributed by atoms with Crippen LogP contribution >= 0.6 is 12.4 Å². The lowest BCUT2D eigenvalue weighted by Gasteiger charge is -2.29. The fourth-order valence-electron chi connectivity index (χ4n) is 2.62. The summed E-state index contributed by atoms with van der Waals surface area (Å²) in [6.07, 6.45) is 6.99. The molecule has 0 aliphatic carbocycles. The highest BCUT2D eigenvalue weighted by Gasteiger charge is 2.14. The molecule has 1 aliphatic rings. The molecule has 1 aromatic carbocycles. The van der Waals surface area contributed by atoms with Gasteiger partial charge < -0.3 is 9.47 Å². The highest BCUT2D eigenvalue weighted by molar-refractivity contribution is 5.85. The number of nitrogens with zero attached hydrogens (tertiary/aromatic N) is 1. The Morgan fingerprint density at radius 3 is 2.71 bits per heavy atom. The van der Waals surface area contributed by atoms with Crippen molar-refractivity contribution in [2.75, 3.05) is 33.4 Å². The molecule has 1 fully saturated rings. The van der Waals surface area contributed by atoms with Gasteiger partial charge in [-0.1, -0.05) is 31.2 Å². The topological polar surface area (TPSA) is 21.7 Å². The first-order valence-corrected chi connectivity index (χ1v) is 7.42. The zero-order valence-electron chi connectivity index (χ0n) is 13.0. The number of methoxy groups -OCH3 is 1. The van der Waals surface area contributed by atoms with Crippen LogP contribution in [-0.4, -0.2) is 38.3 Å². The Morgan fingerprint density at radius 2 is 2.00 bits per heavy atom. The summed E-state index contributed by atoms with van der Waals surface area (Å²) in [7, 11) is 1.66. The lowest BCUT2D eigenvalue weighted by molar-refractivity contribution is 0.201. The molecule has 1 aliphatic heterocycles. The van der Waals surface area contributed by atoms with E-state index in [1.54, 1.807) is 7.11 Å². The zero-order chi connectivity index (χ0) is 14.2. The maximum atomic E-state index is 5.71. The number of hydrogen-bond donors (Lipinski definition) is 0. The molecule has 2 rings (SSSR count). The standard InChI is InChI=1S/C17H25NO2.ClH/c1-15-8-7-12-18(14-15)11-5-6-13-20-17-10-4-3-9-16(17)19-2;/h3-6,9-10,15H,7-8,11-14H2,1-2H3;1H/b6-5+;. The number of likely N-dealkylation sites (tertiary alicyclic amines) is 1. The first kappa shape index (κ1) is 17.9. The second kappa shape index (κ2) is 9.69. The maximum Gasteiger partial charge on any atom is 0.161 e. The summed E-state index contributed by atoms with van der Waals surface area (Å²) in [5.74, 6) is 2.42. The molecule has 0 bridgehead atoms. The van der Waals surface area contributed by atoms with Crippen molar-refractivity contribution < 1.29 is 9.47 Å². The van der Waals surface area contributed by atoms with Crippen LogP contribution in [0.1, 0.15) is 19.8 Å². The van der Waals surface area contributed by atoms with Crippen molar-refractivity contribution in [2.45, 2.75) is 19.8 Å². The monoisotopic (exact) mass is 311 g/mol. The molecule has 1 heterocycles. The van der Waals surface area contributed by atoms with Crippen LogP contribution in [0.5, 0.6) is 11.5 Å². The van der Waals surface area contributed by atoms with E-state index >= 15 is 0 Å². The van der Waals surface area contributed by atoms with Gasteiger partial charge in [-0.15, -0.1) is 12.4 Å². The Labute approximate surface area is 134 Å². The summed E-state index contributed by atoms with van der Waals surface area (Å²) in [6, 6.07) is 7.74. The number of benzene rings is 1. The molecule has 4 heteroatoms. The van der Waals surface area contributed by atoms with Crippen LogP contribution in [0.4, 0.5) is 0 Å². The van der Waals surface area contributed by atoms with Gasteiger partial charge in [0.15, 0.2) is 11.5 Å². The SMILES string of the molecule is COc1ccccc1OC/C=C/CN1CCCC(C)C1.Cl. The third-order valence-corrected chi connectivity index (χ3v) is 3.68. The van der Waals surface area contributed by atoms with Crippen LogP contribution in [0.25, 0.3) is 0 Å². The molecule has 118 valence electrons. The van der Waals surface area contributed by atoms with Gasteiger partial charge >= 0.3 is 0 Å². The number of ether oxygens (including phenoxy) is 2. The summed E-state index contributed by atoms with van der Waals surface area (Å²) in [5.41, 5.74) is 0. The van der Waals surface area contributed by atoms with Gasteiger partial charge in [0.2, 0.25) is 0 Å². The summed E-state index contributed by atoms with van der Waals surface area (Å²) >= 11 is 0. The van der Waals surface area contributed by atoms with Crippen molar-refractivity contribution in [2.24, 2.45) is 5.92 Å². The van der Waals surface area contributed by atoms with Crippen molar-refractivity contribution >= 4 is 12.4 Å². The number of rotatable bonds is 6. The van der Waals surface area contributed by atoms with E-state index in [4.69, 9.17) is 9.47 Å². The number of piperidine rings is 1. The lowest BCUT2D eigenvalue weighted by atomic mass is 10.0. The predicted molar refractivity (Wildman–Crippen MR) is 89.7 cm³/mol. The van der Waals surface area contributed by atoms with E-state index in [2.05, 4.69) is 24.0 Å². The lowest BCUT2D eigenvalue weighted by Crippen LogP contribution is -2.34. The molecule has 0 spiro atoms. The van der Waals surface area contributed by atoms with Crippen LogP contribution in [-0.2, 0) is 0 Å². The van der Waals surface area contributed by atoms with Gasteiger partial charge in [0.1, 0.15) is 6.61 Å². The molecule has 1 atom stereocenters. The molecule has 0 radical (unpaired) electrons. The first-order valence-electron chi connectivity index (χ1n) is 7.42. The average Bonchev–Trinajstić information content (AvgIpc) is 2.47. The van der Waals surface area contributed by atoms with Crippen LogP contribution in [0.3, 0.4) is 0 Å². The molecule has 0 saturated carbocycles. The van der Waals surface area contributed by atoms with Crippen molar-refractivity contribution in [3.63, 3.8) is 0 Å². The van der Waals surface area contributed by atoms with E-state index in [9.17, 15) is 0 Å². The van der Waals surface area contributed by atoms with Crippen LogP contribution in [0.15, 0.2) is 36.4 Å². The molecule has 1 unspecified atom stereocenters. The largest absolute Gasteiger partial charge is 0.493 e. The molecular weight excluding hydrogens is 286 g/mol. The zero-order valence-corrected chi connectivity index (χ0v) is 13.8. The smallest absolute Gasteiger partial charge is 0.161 e. The Kier molecular flexibility index (Phi) is 8.24. The van der Waals surface area contributed by atoms with E-state index in [1.807, 2.05) is 24.3 Å². The van der Waals surface area contributed by atoms with Crippen LogP contribution in [0, 0.1) is 5.92 Å². The Morgan fingerprint density at radius 1 is 1.24 bits per heavy atom. The van der Waals surface area contributed by atoms with E-state index in [0.29, 0.717) is 6.61 Å². The van der Waals surface area contributed by atoms with Crippen molar-refractivity contribution in [1.82, 2.24) is 4.90 Å². The minimum absolute atomic E-state index is 0. The second-order valence-electron chi connectivity index (χ2n) is 5.44. The predicted octanol–water partition coefficient (Wildman–Crippen LogP) is 3.78. The third kappa shape index (κ3) is 5.98. The second-order valence-corrected chi connectivity index (χ2v) is 5.44. The fourth-order valence-corrected chi connectivity index (χ4v) is 2.62. The van der Waals surface area contributed by atoms with E-state index in [-0.39, 0.29) is 12.4 Å². The summed E-state index contributed by atoms with van der Waals surface area (Å²) < 4.78 is 11.0. The molecule has 0 amide bonds. The van der Waals surface area contributed by atoms with Crippen molar-refractivity contribution in [1.29, 1.82) is 0 Å². The summed E-state index contributed by atoms with van der Waals surface area (Å²) in [6.45, 7) is 6.39. The third-order valence-electron chi connectivity index (χ3n) is 3.68. The fraction of sp³-hybridized carbons (Fsp3) is 0.529. The van der Waals surface area contributed by atoms with Crippen molar-refractivity contribution in [3.8, 4) is 11.5 Å². The highest BCUT2D eigenvalue weighted by Crippen LogP contribution is 2.25. The average molecular weight is 312 g/mol. The summed E-state index contributed by atoms with van der Waals surface area (Å²) in [4.78, 5) is 2.51. The Hall–Kier alpha value is -1.19. The Balaban J connectivity index is 0.00000220. The molecule has 0 N–H and O–H groups in total. The Bertz CT molecular complexity index is 437. The van der Waals surface area contributed by atoms with Crippen LogP contribution < -0.4 is 9.47 Å². The van der Waals surface area contributed by atoms with E-state index in [1.165, 1.54) is 25.9 Å². The summed E-state index contributed by atoms with van der Waals surface area (Å²) in [5, 5.41) is 0. The van der Waals surface area contributed by atoms with Gasteiger partial charge in [-0.05, 0) is 37.4 Å². The molecular formula is C17H26ClNO2. The molecule has 1 aromatic rings. The molecule has 0 aromatic heterocycles.